The van der Waals surface area contributed by atoms with Crippen molar-refractivity contribution < 1.29 is 9.84 Å². The second kappa shape index (κ2) is 5.89. The third-order valence-corrected chi connectivity index (χ3v) is 3.20. The number of aliphatic hydroxyl groups is 1. The van der Waals surface area contributed by atoms with Gasteiger partial charge in [0.05, 0.1) is 6.10 Å². The minimum atomic E-state index is -0.440. The van der Waals surface area contributed by atoms with Gasteiger partial charge in [0.2, 0.25) is 0 Å². The first-order valence-electron chi connectivity index (χ1n) is 6.53. The molecular formula is C17H20O2. The normalized spacial score (nSPS) is 12.2. The minimum absolute atomic E-state index is 0.440. The maximum atomic E-state index is 9.53. The van der Waals surface area contributed by atoms with Gasteiger partial charge in [-0.05, 0) is 49.6 Å². The van der Waals surface area contributed by atoms with Crippen molar-refractivity contribution in [3.63, 3.8) is 0 Å². The van der Waals surface area contributed by atoms with E-state index >= 15 is 0 Å². The molecule has 1 unspecified atom stereocenters. The summed E-state index contributed by atoms with van der Waals surface area (Å²) >= 11 is 0. The molecule has 2 nitrogen and oxygen atoms in total. The van der Waals surface area contributed by atoms with Crippen molar-refractivity contribution in [3.05, 3.63) is 64.7 Å². The summed E-state index contributed by atoms with van der Waals surface area (Å²) in [6.45, 7) is 6.40. The molecule has 0 aliphatic carbocycles. The summed E-state index contributed by atoms with van der Waals surface area (Å²) in [6.07, 6.45) is -0.440. The molecule has 2 aromatic rings. The van der Waals surface area contributed by atoms with Crippen LogP contribution in [0.5, 0.6) is 5.75 Å². The summed E-state index contributed by atoms with van der Waals surface area (Å²) in [5.41, 5.74) is 4.37. The molecule has 1 atom stereocenters. The van der Waals surface area contributed by atoms with E-state index in [-0.39, 0.29) is 0 Å². The van der Waals surface area contributed by atoms with Crippen molar-refractivity contribution in [2.45, 2.75) is 33.5 Å². The van der Waals surface area contributed by atoms with Crippen molar-refractivity contribution in [3.8, 4) is 5.75 Å². The van der Waals surface area contributed by atoms with E-state index in [0.29, 0.717) is 6.61 Å². The number of benzene rings is 2. The van der Waals surface area contributed by atoms with Gasteiger partial charge in [-0.1, -0.05) is 35.9 Å². The first kappa shape index (κ1) is 13.6. The number of aliphatic hydroxyl groups excluding tert-OH is 1. The van der Waals surface area contributed by atoms with Gasteiger partial charge in [-0.15, -0.1) is 0 Å². The monoisotopic (exact) mass is 256 g/mol. The van der Waals surface area contributed by atoms with Crippen LogP contribution >= 0.6 is 0 Å². The zero-order chi connectivity index (χ0) is 13.8. The van der Waals surface area contributed by atoms with E-state index in [9.17, 15) is 5.11 Å². The highest BCUT2D eigenvalue weighted by atomic mass is 16.5. The number of hydrogen-bond donors (Lipinski definition) is 1. The van der Waals surface area contributed by atoms with Crippen LogP contribution in [0.2, 0.25) is 0 Å². The third-order valence-electron chi connectivity index (χ3n) is 3.20. The van der Waals surface area contributed by atoms with Gasteiger partial charge < -0.3 is 9.84 Å². The van der Waals surface area contributed by atoms with Gasteiger partial charge in [0.25, 0.3) is 0 Å². The molecule has 2 aromatic carbocycles. The Labute approximate surface area is 114 Å². The quantitative estimate of drug-likeness (QED) is 0.898. The summed E-state index contributed by atoms with van der Waals surface area (Å²) < 4.78 is 5.82. The predicted octanol–water partition coefficient (Wildman–Crippen LogP) is 3.94. The second-order valence-electron chi connectivity index (χ2n) is 4.98. The molecule has 0 aromatic heterocycles. The van der Waals surface area contributed by atoms with E-state index < -0.39 is 6.10 Å². The molecule has 0 radical (unpaired) electrons. The zero-order valence-corrected chi connectivity index (χ0v) is 11.7. The summed E-state index contributed by atoms with van der Waals surface area (Å²) in [5, 5.41) is 9.53. The largest absolute Gasteiger partial charge is 0.489 e. The average Bonchev–Trinajstić information content (AvgIpc) is 2.39. The Hall–Kier alpha value is -1.80. The van der Waals surface area contributed by atoms with Gasteiger partial charge in [-0.2, -0.15) is 0 Å². The van der Waals surface area contributed by atoms with Gasteiger partial charge in [0.15, 0.2) is 0 Å². The smallest absolute Gasteiger partial charge is 0.122 e. The maximum Gasteiger partial charge on any atom is 0.122 e. The van der Waals surface area contributed by atoms with Crippen LogP contribution < -0.4 is 4.74 Å². The lowest BCUT2D eigenvalue weighted by Gasteiger charge is -2.12. The molecule has 0 fully saturated rings. The maximum absolute atomic E-state index is 9.53. The van der Waals surface area contributed by atoms with Crippen molar-refractivity contribution in [2.24, 2.45) is 0 Å². The predicted molar refractivity (Wildman–Crippen MR) is 77.3 cm³/mol. The topological polar surface area (TPSA) is 29.5 Å². The van der Waals surface area contributed by atoms with Gasteiger partial charge in [-0.25, -0.2) is 0 Å². The van der Waals surface area contributed by atoms with Crippen LogP contribution in [0, 0.1) is 13.8 Å². The van der Waals surface area contributed by atoms with Gasteiger partial charge in [-0.3, -0.25) is 0 Å². The SMILES string of the molecule is Cc1ccc(COc2ccc(C(C)O)cc2C)cc1. The molecule has 2 heteroatoms. The lowest BCUT2D eigenvalue weighted by Crippen LogP contribution is -1.98. The first-order chi connectivity index (χ1) is 9.06. The van der Waals surface area contributed by atoms with Crippen molar-refractivity contribution >= 4 is 0 Å². The lowest BCUT2D eigenvalue weighted by atomic mass is 10.1. The third kappa shape index (κ3) is 3.58. The molecule has 19 heavy (non-hydrogen) atoms. The Balaban J connectivity index is 2.05. The molecule has 0 aliphatic heterocycles. The van der Waals surface area contributed by atoms with Gasteiger partial charge in [0.1, 0.15) is 12.4 Å². The van der Waals surface area contributed by atoms with E-state index in [1.807, 2.05) is 25.1 Å². The molecular weight excluding hydrogens is 236 g/mol. The van der Waals surface area contributed by atoms with E-state index in [0.717, 1.165) is 22.4 Å². The van der Waals surface area contributed by atoms with Crippen LogP contribution in [0.25, 0.3) is 0 Å². The molecule has 0 bridgehead atoms. The van der Waals surface area contributed by atoms with E-state index in [1.165, 1.54) is 5.56 Å². The number of ether oxygens (including phenoxy) is 1. The first-order valence-corrected chi connectivity index (χ1v) is 6.53. The van der Waals surface area contributed by atoms with Gasteiger partial charge in [0, 0.05) is 0 Å². The van der Waals surface area contributed by atoms with E-state index in [2.05, 4.69) is 31.2 Å². The van der Waals surface area contributed by atoms with Crippen LogP contribution in [0.1, 0.15) is 35.3 Å². The average molecular weight is 256 g/mol. The fraction of sp³-hybridized carbons (Fsp3) is 0.294. The van der Waals surface area contributed by atoms with E-state index in [1.54, 1.807) is 6.92 Å². The van der Waals surface area contributed by atoms with Crippen LogP contribution in [0.15, 0.2) is 42.5 Å². The molecule has 0 amide bonds. The highest BCUT2D eigenvalue weighted by Crippen LogP contribution is 2.23. The molecule has 0 spiro atoms. The number of hydrogen-bond acceptors (Lipinski definition) is 2. The van der Waals surface area contributed by atoms with Crippen molar-refractivity contribution in [2.75, 3.05) is 0 Å². The summed E-state index contributed by atoms with van der Waals surface area (Å²) in [7, 11) is 0. The minimum Gasteiger partial charge on any atom is -0.489 e. The summed E-state index contributed by atoms with van der Waals surface area (Å²) in [6, 6.07) is 14.1. The Morgan fingerprint density at radius 3 is 2.32 bits per heavy atom. The molecule has 2 rings (SSSR count). The van der Waals surface area contributed by atoms with Crippen LogP contribution in [0.4, 0.5) is 0 Å². The Morgan fingerprint density at radius 2 is 1.74 bits per heavy atom. The highest BCUT2D eigenvalue weighted by molar-refractivity contribution is 5.37. The zero-order valence-electron chi connectivity index (χ0n) is 11.7. The Kier molecular flexibility index (Phi) is 4.23. The Bertz CT molecular complexity index is 542. The van der Waals surface area contributed by atoms with Crippen LogP contribution in [0.3, 0.4) is 0 Å². The van der Waals surface area contributed by atoms with E-state index in [4.69, 9.17) is 4.74 Å². The molecule has 0 saturated heterocycles. The lowest BCUT2D eigenvalue weighted by molar-refractivity contribution is 0.199. The summed E-state index contributed by atoms with van der Waals surface area (Å²) in [4.78, 5) is 0. The number of rotatable bonds is 4. The molecule has 0 heterocycles. The summed E-state index contributed by atoms with van der Waals surface area (Å²) in [5.74, 6) is 0.866. The number of aryl methyl sites for hydroxylation is 2. The van der Waals surface area contributed by atoms with Gasteiger partial charge >= 0.3 is 0 Å². The second-order valence-corrected chi connectivity index (χ2v) is 4.98. The van der Waals surface area contributed by atoms with Crippen LogP contribution in [-0.2, 0) is 6.61 Å². The van der Waals surface area contributed by atoms with Crippen LogP contribution in [-0.4, -0.2) is 5.11 Å². The van der Waals surface area contributed by atoms with Crippen molar-refractivity contribution in [1.82, 2.24) is 0 Å². The standard InChI is InChI=1S/C17H20O2/c1-12-4-6-15(7-5-12)11-19-17-9-8-16(14(3)18)10-13(17)2/h4-10,14,18H,11H2,1-3H3. The fourth-order valence-corrected chi connectivity index (χ4v) is 1.94. The highest BCUT2D eigenvalue weighted by Gasteiger charge is 2.05. The molecule has 0 aliphatic rings. The molecule has 100 valence electrons. The fourth-order valence-electron chi connectivity index (χ4n) is 1.94. The Morgan fingerprint density at radius 1 is 1.05 bits per heavy atom. The van der Waals surface area contributed by atoms with Crippen molar-refractivity contribution in [1.29, 1.82) is 0 Å². The molecule has 1 N–H and O–H groups in total. The molecule has 0 saturated carbocycles.